The van der Waals surface area contributed by atoms with Gasteiger partial charge in [-0.25, -0.2) is 17.8 Å². The van der Waals surface area contributed by atoms with Gasteiger partial charge in [0.05, 0.1) is 16.4 Å². The first-order valence-electron chi connectivity index (χ1n) is 7.25. The first-order chi connectivity index (χ1) is 12.3. The number of halogens is 1. The van der Waals surface area contributed by atoms with Crippen LogP contribution in [0, 0.1) is 10.1 Å². The fraction of sp³-hybridized carbons (Fsp3) is 0.0667. The molecule has 0 unspecified atom stereocenters. The Kier molecular flexibility index (Phi) is 4.87. The number of benzene rings is 2. The Bertz CT molecular complexity index is 1030. The van der Waals surface area contributed by atoms with Crippen molar-refractivity contribution in [2.24, 2.45) is 0 Å². The molecule has 134 valence electrons. The standard InChI is InChI=1S/C15H12ClN5O4S/c16-12-3-1-11(2-4-12)9-20-10-17-15(18-20)19-26(24,25)14-7-5-13(6-8-14)21(22)23/h1-8,10H,9H2,(H,18,19). The molecule has 0 fully saturated rings. The average Bonchev–Trinajstić information content (AvgIpc) is 3.03. The summed E-state index contributed by atoms with van der Waals surface area (Å²) in [4.78, 5) is 13.8. The molecular formula is C15H12ClN5O4S. The molecule has 0 saturated carbocycles. The maximum absolute atomic E-state index is 12.3. The lowest BCUT2D eigenvalue weighted by atomic mass is 10.2. The van der Waals surface area contributed by atoms with Crippen LogP contribution in [-0.2, 0) is 16.6 Å². The SMILES string of the molecule is O=[N+]([O-])c1ccc(S(=O)(=O)Nc2ncn(Cc3ccc(Cl)cc3)n2)cc1. The van der Waals surface area contributed by atoms with Gasteiger partial charge in [0.25, 0.3) is 21.7 Å². The number of hydrogen-bond acceptors (Lipinski definition) is 6. The fourth-order valence-electron chi connectivity index (χ4n) is 2.12. The Morgan fingerprint density at radius 3 is 2.38 bits per heavy atom. The number of hydrogen-bond donors (Lipinski definition) is 1. The number of rotatable bonds is 6. The maximum atomic E-state index is 12.3. The second kappa shape index (κ2) is 7.10. The molecule has 0 spiro atoms. The van der Waals surface area contributed by atoms with Gasteiger partial charge in [0.15, 0.2) is 0 Å². The Labute approximate surface area is 153 Å². The molecule has 3 rings (SSSR count). The van der Waals surface area contributed by atoms with Crippen LogP contribution < -0.4 is 4.72 Å². The van der Waals surface area contributed by atoms with Gasteiger partial charge in [-0.15, -0.1) is 5.10 Å². The zero-order valence-electron chi connectivity index (χ0n) is 13.1. The third-order valence-electron chi connectivity index (χ3n) is 3.38. The van der Waals surface area contributed by atoms with Crippen molar-refractivity contribution < 1.29 is 13.3 Å². The smallest absolute Gasteiger partial charge is 0.258 e. The highest BCUT2D eigenvalue weighted by atomic mass is 35.5. The van der Waals surface area contributed by atoms with Gasteiger partial charge in [0, 0.05) is 17.2 Å². The van der Waals surface area contributed by atoms with E-state index >= 15 is 0 Å². The molecule has 0 aliphatic rings. The minimum absolute atomic E-state index is 0.0997. The fourth-order valence-corrected chi connectivity index (χ4v) is 3.19. The summed E-state index contributed by atoms with van der Waals surface area (Å²) in [5, 5.41) is 15.3. The van der Waals surface area contributed by atoms with Crippen molar-refractivity contribution in [1.29, 1.82) is 0 Å². The first-order valence-corrected chi connectivity index (χ1v) is 9.11. The summed E-state index contributed by atoms with van der Waals surface area (Å²) in [7, 11) is -3.95. The van der Waals surface area contributed by atoms with E-state index in [0.717, 1.165) is 29.8 Å². The van der Waals surface area contributed by atoms with Crippen LogP contribution in [0.4, 0.5) is 11.6 Å². The molecule has 0 aliphatic carbocycles. The summed E-state index contributed by atoms with van der Waals surface area (Å²) in [5.41, 5.74) is 0.721. The molecule has 3 aromatic rings. The van der Waals surface area contributed by atoms with E-state index in [-0.39, 0.29) is 16.5 Å². The molecular weight excluding hydrogens is 382 g/mol. The van der Waals surface area contributed by atoms with Crippen molar-refractivity contribution >= 4 is 33.3 Å². The molecule has 1 aromatic heterocycles. The van der Waals surface area contributed by atoms with Gasteiger partial charge >= 0.3 is 0 Å². The van der Waals surface area contributed by atoms with Crippen LogP contribution in [0.5, 0.6) is 0 Å². The summed E-state index contributed by atoms with van der Waals surface area (Å²) in [6, 6.07) is 11.6. The van der Waals surface area contributed by atoms with Crippen LogP contribution in [0.3, 0.4) is 0 Å². The predicted octanol–water partition coefficient (Wildman–Crippen LogP) is 2.69. The van der Waals surface area contributed by atoms with E-state index in [0.29, 0.717) is 11.6 Å². The van der Waals surface area contributed by atoms with Crippen molar-refractivity contribution in [3.63, 3.8) is 0 Å². The van der Waals surface area contributed by atoms with Gasteiger partial charge in [-0.1, -0.05) is 23.7 Å². The molecule has 1 heterocycles. The highest BCUT2D eigenvalue weighted by Crippen LogP contribution is 2.18. The summed E-state index contributed by atoms with van der Waals surface area (Å²) in [6.45, 7) is 0.392. The summed E-state index contributed by atoms with van der Waals surface area (Å²) in [5.74, 6) is -0.0997. The lowest BCUT2D eigenvalue weighted by Gasteiger charge is -2.04. The summed E-state index contributed by atoms with van der Waals surface area (Å²) >= 11 is 5.83. The topological polar surface area (TPSA) is 120 Å². The largest absolute Gasteiger partial charge is 0.269 e. The molecule has 2 aromatic carbocycles. The number of nitrogens with one attached hydrogen (secondary N) is 1. The number of nitro benzene ring substituents is 1. The van der Waals surface area contributed by atoms with E-state index in [1.165, 1.54) is 11.0 Å². The molecule has 0 radical (unpaired) electrons. The molecule has 0 aliphatic heterocycles. The van der Waals surface area contributed by atoms with Crippen LogP contribution in [0.25, 0.3) is 0 Å². The molecule has 26 heavy (non-hydrogen) atoms. The predicted molar refractivity (Wildman–Crippen MR) is 94.5 cm³/mol. The number of sulfonamides is 1. The Hall–Kier alpha value is -2.98. The van der Waals surface area contributed by atoms with Crippen molar-refractivity contribution in [3.8, 4) is 0 Å². The zero-order valence-corrected chi connectivity index (χ0v) is 14.7. The Morgan fingerprint density at radius 1 is 1.12 bits per heavy atom. The van der Waals surface area contributed by atoms with E-state index in [2.05, 4.69) is 14.8 Å². The molecule has 9 nitrogen and oxygen atoms in total. The number of aromatic nitrogens is 3. The van der Waals surface area contributed by atoms with E-state index < -0.39 is 14.9 Å². The van der Waals surface area contributed by atoms with Crippen LogP contribution in [0.1, 0.15) is 5.56 Å². The Balaban J connectivity index is 1.73. The highest BCUT2D eigenvalue weighted by Gasteiger charge is 2.18. The molecule has 0 atom stereocenters. The van der Waals surface area contributed by atoms with Crippen molar-refractivity contribution in [1.82, 2.24) is 14.8 Å². The quantitative estimate of drug-likeness (QED) is 0.507. The molecule has 11 heteroatoms. The van der Waals surface area contributed by atoms with Crippen LogP contribution >= 0.6 is 11.6 Å². The van der Waals surface area contributed by atoms with Gasteiger partial charge in [0.1, 0.15) is 6.33 Å². The number of nitro groups is 1. The van der Waals surface area contributed by atoms with Crippen LogP contribution in [0.15, 0.2) is 59.8 Å². The van der Waals surface area contributed by atoms with Crippen molar-refractivity contribution in [2.45, 2.75) is 11.4 Å². The number of nitrogens with zero attached hydrogens (tertiary/aromatic N) is 4. The van der Waals surface area contributed by atoms with E-state index in [4.69, 9.17) is 11.6 Å². The van der Waals surface area contributed by atoms with Gasteiger partial charge in [0.2, 0.25) is 0 Å². The third-order valence-corrected chi connectivity index (χ3v) is 4.97. The third kappa shape index (κ3) is 4.16. The monoisotopic (exact) mass is 393 g/mol. The molecule has 1 N–H and O–H groups in total. The van der Waals surface area contributed by atoms with Crippen LogP contribution in [-0.4, -0.2) is 28.1 Å². The zero-order chi connectivity index (χ0) is 18.7. The van der Waals surface area contributed by atoms with E-state index in [1.807, 2.05) is 12.1 Å². The van der Waals surface area contributed by atoms with Gasteiger partial charge in [-0.05, 0) is 29.8 Å². The van der Waals surface area contributed by atoms with Crippen molar-refractivity contribution in [3.05, 3.63) is 75.6 Å². The number of anilines is 1. The van der Waals surface area contributed by atoms with Gasteiger partial charge < -0.3 is 0 Å². The van der Waals surface area contributed by atoms with Gasteiger partial charge in [-0.3, -0.25) is 10.1 Å². The minimum atomic E-state index is -3.95. The lowest BCUT2D eigenvalue weighted by molar-refractivity contribution is -0.384. The molecule has 0 bridgehead atoms. The van der Waals surface area contributed by atoms with Crippen molar-refractivity contribution in [2.75, 3.05) is 4.72 Å². The molecule has 0 amide bonds. The van der Waals surface area contributed by atoms with E-state index in [9.17, 15) is 18.5 Å². The lowest BCUT2D eigenvalue weighted by Crippen LogP contribution is -2.14. The van der Waals surface area contributed by atoms with Crippen LogP contribution in [0.2, 0.25) is 5.02 Å². The maximum Gasteiger partial charge on any atom is 0.269 e. The van der Waals surface area contributed by atoms with E-state index in [1.54, 1.807) is 12.1 Å². The van der Waals surface area contributed by atoms with Gasteiger partial charge in [-0.2, -0.15) is 4.98 Å². The highest BCUT2D eigenvalue weighted by molar-refractivity contribution is 7.92. The second-order valence-corrected chi connectivity index (χ2v) is 7.37. The average molecular weight is 394 g/mol. The number of non-ortho nitro benzene ring substituents is 1. The molecule has 0 saturated heterocycles. The summed E-state index contributed by atoms with van der Waals surface area (Å²) in [6.07, 6.45) is 1.39. The Morgan fingerprint density at radius 2 is 1.77 bits per heavy atom. The normalized spacial score (nSPS) is 11.3. The second-order valence-electron chi connectivity index (χ2n) is 5.25. The summed E-state index contributed by atoms with van der Waals surface area (Å²) < 4.78 is 28.3. The minimum Gasteiger partial charge on any atom is -0.258 e. The first kappa shape index (κ1) is 17.8.